The molecule has 0 heterocycles. The number of hydrogen-bond acceptors (Lipinski definition) is 3. The number of nitrogens with two attached hydrogens (primary N) is 1. The zero-order chi connectivity index (χ0) is 11.4. The second-order valence-electron chi connectivity index (χ2n) is 3.75. The van der Waals surface area contributed by atoms with E-state index in [2.05, 4.69) is 0 Å². The van der Waals surface area contributed by atoms with Crippen molar-refractivity contribution in [3.05, 3.63) is 0 Å². The second-order valence-corrected chi connectivity index (χ2v) is 3.75. The molecule has 0 aliphatic rings. The van der Waals surface area contributed by atoms with E-state index in [1.807, 2.05) is 0 Å². The molecule has 1 amide bonds. The lowest BCUT2D eigenvalue weighted by atomic mass is 10.1. The minimum atomic E-state index is -0.936. The smallest absolute Gasteiger partial charge is 0.305 e. The highest BCUT2D eigenvalue weighted by molar-refractivity contribution is 5.85. The molecule has 5 heteroatoms. The first-order valence-electron chi connectivity index (χ1n) is 4.59. The van der Waals surface area contributed by atoms with Crippen LogP contribution in [0.5, 0.6) is 0 Å². The van der Waals surface area contributed by atoms with Gasteiger partial charge < -0.3 is 15.7 Å². The Morgan fingerprint density at radius 1 is 1.43 bits per heavy atom. The van der Waals surface area contributed by atoms with Gasteiger partial charge in [0.05, 0.1) is 12.0 Å². The molecule has 14 heavy (non-hydrogen) atoms. The Kier molecular flexibility index (Phi) is 4.56. The largest absolute Gasteiger partial charge is 0.481 e. The number of likely N-dealkylation sites (N-methyl/N-ethyl adjacent to an activating group) is 1. The van der Waals surface area contributed by atoms with Crippen LogP contribution >= 0.6 is 0 Å². The van der Waals surface area contributed by atoms with Gasteiger partial charge in [-0.15, -0.1) is 0 Å². The van der Waals surface area contributed by atoms with E-state index < -0.39 is 11.5 Å². The summed E-state index contributed by atoms with van der Waals surface area (Å²) in [5.74, 6) is -1.13. The molecule has 0 atom stereocenters. The lowest BCUT2D eigenvalue weighted by molar-refractivity contribution is -0.139. The molecule has 5 nitrogen and oxygen atoms in total. The third kappa shape index (κ3) is 4.23. The molecule has 0 saturated carbocycles. The van der Waals surface area contributed by atoms with Gasteiger partial charge in [-0.1, -0.05) is 0 Å². The van der Waals surface area contributed by atoms with E-state index >= 15 is 0 Å². The van der Waals surface area contributed by atoms with Gasteiger partial charge in [-0.3, -0.25) is 9.59 Å². The molecule has 3 N–H and O–H groups in total. The summed E-state index contributed by atoms with van der Waals surface area (Å²) in [7, 11) is 0. The molecule has 0 aromatic carbocycles. The van der Waals surface area contributed by atoms with E-state index in [-0.39, 0.29) is 18.9 Å². The lowest BCUT2D eigenvalue weighted by Crippen LogP contribution is -2.51. The van der Waals surface area contributed by atoms with E-state index in [0.717, 1.165) is 0 Å². The second kappa shape index (κ2) is 4.95. The van der Waals surface area contributed by atoms with Gasteiger partial charge in [-0.05, 0) is 20.8 Å². The Morgan fingerprint density at radius 3 is 2.21 bits per heavy atom. The van der Waals surface area contributed by atoms with Gasteiger partial charge in [0.15, 0.2) is 0 Å². The summed E-state index contributed by atoms with van der Waals surface area (Å²) in [5, 5.41) is 8.47. The average molecular weight is 202 g/mol. The Bertz CT molecular complexity index is 221. The zero-order valence-electron chi connectivity index (χ0n) is 8.91. The molecule has 0 spiro atoms. The summed E-state index contributed by atoms with van der Waals surface area (Å²) in [6.07, 6.45) is -0.0460. The topological polar surface area (TPSA) is 83.6 Å². The molecule has 0 fully saturated rings. The summed E-state index contributed by atoms with van der Waals surface area (Å²) in [4.78, 5) is 23.4. The summed E-state index contributed by atoms with van der Waals surface area (Å²) in [6.45, 7) is 5.71. The molecule has 0 bridgehead atoms. The van der Waals surface area contributed by atoms with E-state index in [9.17, 15) is 9.59 Å². The van der Waals surface area contributed by atoms with Gasteiger partial charge in [-0.25, -0.2) is 0 Å². The van der Waals surface area contributed by atoms with Crippen molar-refractivity contribution in [2.45, 2.75) is 32.7 Å². The number of carboxylic acid groups (broad SMARTS) is 1. The van der Waals surface area contributed by atoms with E-state index in [1.54, 1.807) is 20.8 Å². The Labute approximate surface area is 83.9 Å². The molecular formula is C9H18N2O3. The maximum absolute atomic E-state index is 11.6. The van der Waals surface area contributed by atoms with Crippen molar-refractivity contribution in [1.29, 1.82) is 0 Å². The third-order valence-corrected chi connectivity index (χ3v) is 1.82. The van der Waals surface area contributed by atoms with Crippen molar-refractivity contribution in [2.75, 3.05) is 13.1 Å². The molecule has 0 aromatic heterocycles. The molecule has 0 saturated heterocycles. The standard InChI is InChI=1S/C9H18N2O3/c1-4-11(6-5-7(12)13)8(14)9(2,3)10/h4-6,10H2,1-3H3,(H,12,13). The van der Waals surface area contributed by atoms with Crippen LogP contribution in [0.25, 0.3) is 0 Å². The highest BCUT2D eigenvalue weighted by Crippen LogP contribution is 2.04. The number of carbonyl (C=O) groups excluding carboxylic acids is 1. The Balaban J connectivity index is 4.27. The Morgan fingerprint density at radius 2 is 1.93 bits per heavy atom. The highest BCUT2D eigenvalue weighted by Gasteiger charge is 2.26. The first kappa shape index (κ1) is 12.9. The minimum absolute atomic E-state index is 0.0460. The lowest BCUT2D eigenvalue weighted by Gasteiger charge is -2.27. The monoisotopic (exact) mass is 202 g/mol. The first-order valence-corrected chi connectivity index (χ1v) is 4.59. The van der Waals surface area contributed by atoms with Crippen LogP contribution in [-0.4, -0.2) is 40.5 Å². The van der Waals surface area contributed by atoms with Crippen LogP contribution in [0.4, 0.5) is 0 Å². The minimum Gasteiger partial charge on any atom is -0.481 e. The van der Waals surface area contributed by atoms with Crippen LogP contribution in [0.3, 0.4) is 0 Å². The number of amides is 1. The zero-order valence-corrected chi connectivity index (χ0v) is 8.91. The number of rotatable bonds is 5. The van der Waals surface area contributed by atoms with E-state index in [4.69, 9.17) is 10.8 Å². The van der Waals surface area contributed by atoms with Crippen molar-refractivity contribution in [3.8, 4) is 0 Å². The van der Waals surface area contributed by atoms with Crippen LogP contribution in [0, 0.1) is 0 Å². The normalized spacial score (nSPS) is 11.1. The maximum Gasteiger partial charge on any atom is 0.305 e. The summed E-state index contributed by atoms with van der Waals surface area (Å²) in [5.41, 5.74) is 4.69. The van der Waals surface area contributed by atoms with Gasteiger partial charge in [0.1, 0.15) is 0 Å². The van der Waals surface area contributed by atoms with E-state index in [1.165, 1.54) is 4.90 Å². The fourth-order valence-electron chi connectivity index (χ4n) is 1.04. The molecule has 0 rings (SSSR count). The predicted molar refractivity (Wildman–Crippen MR) is 52.8 cm³/mol. The van der Waals surface area contributed by atoms with Crippen LogP contribution in [0.2, 0.25) is 0 Å². The number of hydrogen-bond donors (Lipinski definition) is 2. The fraction of sp³-hybridized carbons (Fsp3) is 0.778. The average Bonchev–Trinajstić information content (AvgIpc) is 2.03. The molecule has 82 valence electrons. The van der Waals surface area contributed by atoms with Crippen LogP contribution in [0.1, 0.15) is 27.2 Å². The van der Waals surface area contributed by atoms with Crippen molar-refractivity contribution >= 4 is 11.9 Å². The van der Waals surface area contributed by atoms with Gasteiger partial charge in [0.2, 0.25) is 5.91 Å². The van der Waals surface area contributed by atoms with Crippen molar-refractivity contribution in [1.82, 2.24) is 4.90 Å². The van der Waals surface area contributed by atoms with Gasteiger partial charge in [0.25, 0.3) is 0 Å². The summed E-state index contributed by atoms with van der Waals surface area (Å²) >= 11 is 0. The van der Waals surface area contributed by atoms with Crippen molar-refractivity contribution < 1.29 is 14.7 Å². The summed E-state index contributed by atoms with van der Waals surface area (Å²) in [6, 6.07) is 0. The van der Waals surface area contributed by atoms with Crippen LogP contribution in [0.15, 0.2) is 0 Å². The highest BCUT2D eigenvalue weighted by atomic mass is 16.4. The molecule has 0 aromatic rings. The van der Waals surface area contributed by atoms with E-state index in [0.29, 0.717) is 6.54 Å². The van der Waals surface area contributed by atoms with Gasteiger partial charge >= 0.3 is 5.97 Å². The van der Waals surface area contributed by atoms with Crippen molar-refractivity contribution in [3.63, 3.8) is 0 Å². The van der Waals surface area contributed by atoms with Crippen molar-refractivity contribution in [2.24, 2.45) is 5.73 Å². The number of carbonyl (C=O) groups is 2. The van der Waals surface area contributed by atoms with Crippen LogP contribution < -0.4 is 5.73 Å². The third-order valence-electron chi connectivity index (χ3n) is 1.82. The maximum atomic E-state index is 11.6. The van der Waals surface area contributed by atoms with Gasteiger partial charge in [0, 0.05) is 13.1 Å². The first-order chi connectivity index (χ1) is 6.29. The molecule has 0 unspecified atom stereocenters. The molecule has 0 aliphatic carbocycles. The number of carboxylic acids is 1. The molecular weight excluding hydrogens is 184 g/mol. The number of aliphatic carboxylic acids is 1. The molecule has 0 aliphatic heterocycles. The van der Waals surface area contributed by atoms with Gasteiger partial charge in [-0.2, -0.15) is 0 Å². The predicted octanol–water partition coefficient (Wildman–Crippen LogP) is 0.0469. The number of nitrogens with zero attached hydrogens (tertiary/aromatic N) is 1. The Hall–Kier alpha value is -1.10. The quantitative estimate of drug-likeness (QED) is 0.659. The summed E-state index contributed by atoms with van der Waals surface area (Å²) < 4.78 is 0. The SMILES string of the molecule is CCN(CCC(=O)O)C(=O)C(C)(C)N. The fourth-order valence-corrected chi connectivity index (χ4v) is 1.04. The van der Waals surface area contributed by atoms with Crippen LogP contribution in [-0.2, 0) is 9.59 Å². The molecule has 0 radical (unpaired) electrons.